The first-order chi connectivity index (χ1) is 12.9. The number of amides is 1. The summed E-state index contributed by atoms with van der Waals surface area (Å²) >= 11 is 3.45. The Balaban J connectivity index is 2.00. The number of benzene rings is 2. The van der Waals surface area contributed by atoms with Gasteiger partial charge in [-0.05, 0) is 35.4 Å². The van der Waals surface area contributed by atoms with Gasteiger partial charge in [-0.25, -0.2) is 0 Å². The molecule has 0 spiro atoms. The molecule has 27 heavy (non-hydrogen) atoms. The third-order valence-corrected chi connectivity index (χ3v) is 4.48. The van der Waals surface area contributed by atoms with Crippen LogP contribution in [0.15, 0.2) is 53.0 Å². The molecule has 1 amide bonds. The Morgan fingerprint density at radius 1 is 1.15 bits per heavy atom. The summed E-state index contributed by atoms with van der Waals surface area (Å²) in [5.41, 5.74) is 1.75. The van der Waals surface area contributed by atoms with Gasteiger partial charge in [-0.3, -0.25) is 9.59 Å². The van der Waals surface area contributed by atoms with Crippen molar-refractivity contribution in [1.82, 2.24) is 5.32 Å². The topological polar surface area (TPSA) is 64.6 Å². The van der Waals surface area contributed by atoms with Crippen molar-refractivity contribution in [2.24, 2.45) is 5.92 Å². The Kier molecular flexibility index (Phi) is 7.61. The third-order valence-electron chi connectivity index (χ3n) is 3.71. The molecule has 0 heterocycles. The van der Waals surface area contributed by atoms with Crippen LogP contribution in [0.5, 0.6) is 11.5 Å². The number of nitrogens with one attached hydrogen (secondary N) is 1. The van der Waals surface area contributed by atoms with E-state index in [1.54, 1.807) is 38.1 Å². The number of carbonyl (C=O) groups is 2. The predicted molar refractivity (Wildman–Crippen MR) is 108 cm³/mol. The minimum atomic E-state index is -0.331. The number of halogens is 1. The zero-order chi connectivity index (χ0) is 19.8. The lowest BCUT2D eigenvalue weighted by Crippen LogP contribution is -2.20. The minimum absolute atomic E-state index is 0.208. The van der Waals surface area contributed by atoms with Crippen LogP contribution in [0, 0.1) is 5.92 Å². The Morgan fingerprint density at radius 2 is 1.89 bits per heavy atom. The van der Waals surface area contributed by atoms with Crippen molar-refractivity contribution in [3.05, 3.63) is 64.1 Å². The van der Waals surface area contributed by atoms with E-state index in [0.29, 0.717) is 18.0 Å². The highest BCUT2D eigenvalue weighted by atomic mass is 79.9. The van der Waals surface area contributed by atoms with Gasteiger partial charge in [-0.15, -0.1) is 0 Å². The molecule has 1 N–H and O–H groups in total. The number of hydrogen-bond acceptors (Lipinski definition) is 4. The van der Waals surface area contributed by atoms with Crippen molar-refractivity contribution in [1.29, 1.82) is 0 Å². The number of methoxy groups -OCH3 is 1. The molecule has 6 heteroatoms. The molecule has 0 radical (unpaired) electrons. The van der Waals surface area contributed by atoms with Crippen LogP contribution in [0.25, 0.3) is 6.08 Å². The van der Waals surface area contributed by atoms with Gasteiger partial charge in [0.1, 0.15) is 0 Å². The second kappa shape index (κ2) is 9.92. The maximum Gasteiger partial charge on any atom is 0.313 e. The Labute approximate surface area is 167 Å². The van der Waals surface area contributed by atoms with Crippen LogP contribution in [-0.2, 0) is 16.1 Å². The molecule has 0 aliphatic heterocycles. The first-order valence-electron chi connectivity index (χ1n) is 8.49. The molecule has 0 atom stereocenters. The molecular formula is C21H22BrNO4. The van der Waals surface area contributed by atoms with Gasteiger partial charge in [0, 0.05) is 17.1 Å². The monoisotopic (exact) mass is 431 g/mol. The molecule has 0 aromatic heterocycles. The van der Waals surface area contributed by atoms with Crippen LogP contribution in [0.1, 0.15) is 25.0 Å². The Morgan fingerprint density at radius 3 is 2.56 bits per heavy atom. The third kappa shape index (κ3) is 6.25. The first-order valence-corrected chi connectivity index (χ1v) is 9.29. The van der Waals surface area contributed by atoms with Crippen molar-refractivity contribution >= 4 is 33.9 Å². The van der Waals surface area contributed by atoms with Crippen LogP contribution in [0.2, 0.25) is 0 Å². The summed E-state index contributed by atoms with van der Waals surface area (Å²) in [7, 11) is 1.50. The van der Waals surface area contributed by atoms with Crippen LogP contribution in [-0.4, -0.2) is 19.0 Å². The maximum atomic E-state index is 12.0. The number of esters is 1. The summed E-state index contributed by atoms with van der Waals surface area (Å²) < 4.78 is 11.5. The van der Waals surface area contributed by atoms with Gasteiger partial charge in [0.2, 0.25) is 5.91 Å². The largest absolute Gasteiger partial charge is 0.493 e. The van der Waals surface area contributed by atoms with E-state index in [4.69, 9.17) is 9.47 Å². The molecule has 142 valence electrons. The standard InChI is InChI=1S/C21H22BrNO4/c1-14(2)21(25)27-18-10-8-15(12-19(18)26-3)9-11-20(24)23-13-16-6-4-5-7-17(16)22/h4-12,14H,13H2,1-3H3,(H,23,24)/b11-9+. The summed E-state index contributed by atoms with van der Waals surface area (Å²) in [6.45, 7) is 3.95. The molecule has 0 bridgehead atoms. The lowest BCUT2D eigenvalue weighted by molar-refractivity contribution is -0.137. The van der Waals surface area contributed by atoms with Gasteiger partial charge in [0.15, 0.2) is 11.5 Å². The highest BCUT2D eigenvalue weighted by Crippen LogP contribution is 2.29. The van der Waals surface area contributed by atoms with E-state index >= 15 is 0 Å². The van der Waals surface area contributed by atoms with Gasteiger partial charge < -0.3 is 14.8 Å². The first kappa shape index (κ1) is 20.7. The van der Waals surface area contributed by atoms with Gasteiger partial charge in [-0.2, -0.15) is 0 Å². The summed E-state index contributed by atoms with van der Waals surface area (Å²) in [5, 5.41) is 2.83. The zero-order valence-electron chi connectivity index (χ0n) is 15.5. The maximum absolute atomic E-state index is 12.0. The average molecular weight is 432 g/mol. The summed E-state index contributed by atoms with van der Waals surface area (Å²) in [6, 6.07) is 12.8. The molecule has 0 fully saturated rings. The van der Waals surface area contributed by atoms with E-state index in [0.717, 1.165) is 15.6 Å². The zero-order valence-corrected chi connectivity index (χ0v) is 17.1. The van der Waals surface area contributed by atoms with Crippen molar-refractivity contribution in [2.75, 3.05) is 7.11 Å². The molecular weight excluding hydrogens is 410 g/mol. The number of hydrogen-bond donors (Lipinski definition) is 1. The molecule has 0 aliphatic carbocycles. The van der Waals surface area contributed by atoms with Gasteiger partial charge in [-0.1, -0.05) is 54.0 Å². The van der Waals surface area contributed by atoms with E-state index in [1.165, 1.54) is 13.2 Å². The predicted octanol–water partition coefficient (Wildman–Crippen LogP) is 4.35. The van der Waals surface area contributed by atoms with E-state index < -0.39 is 0 Å². The molecule has 2 aromatic rings. The smallest absolute Gasteiger partial charge is 0.313 e. The molecule has 0 aliphatic rings. The molecule has 5 nitrogen and oxygen atoms in total. The molecule has 0 saturated heterocycles. The van der Waals surface area contributed by atoms with Crippen molar-refractivity contribution in [3.8, 4) is 11.5 Å². The number of carbonyl (C=O) groups excluding carboxylic acids is 2. The fourth-order valence-corrected chi connectivity index (χ4v) is 2.58. The van der Waals surface area contributed by atoms with E-state index in [-0.39, 0.29) is 17.8 Å². The lowest BCUT2D eigenvalue weighted by atomic mass is 10.1. The van der Waals surface area contributed by atoms with Gasteiger partial charge in [0.25, 0.3) is 0 Å². The van der Waals surface area contributed by atoms with Crippen LogP contribution in [0.4, 0.5) is 0 Å². The quantitative estimate of drug-likeness (QED) is 0.402. The summed E-state index contributed by atoms with van der Waals surface area (Å²) in [4.78, 5) is 23.8. The Hall–Kier alpha value is -2.60. The second-order valence-corrected chi connectivity index (χ2v) is 6.98. The van der Waals surface area contributed by atoms with Crippen molar-refractivity contribution in [2.45, 2.75) is 20.4 Å². The summed E-state index contributed by atoms with van der Waals surface area (Å²) in [6.07, 6.45) is 3.12. The molecule has 2 aromatic carbocycles. The average Bonchev–Trinajstić information content (AvgIpc) is 2.66. The Bertz CT molecular complexity index is 846. The second-order valence-electron chi connectivity index (χ2n) is 6.13. The fraction of sp³-hybridized carbons (Fsp3) is 0.238. The minimum Gasteiger partial charge on any atom is -0.493 e. The van der Waals surface area contributed by atoms with Crippen molar-refractivity contribution < 1.29 is 19.1 Å². The van der Waals surface area contributed by atoms with Crippen molar-refractivity contribution in [3.63, 3.8) is 0 Å². The summed E-state index contributed by atoms with van der Waals surface area (Å²) in [5.74, 6) is 0.0113. The molecule has 0 saturated carbocycles. The SMILES string of the molecule is COc1cc(/C=C/C(=O)NCc2ccccc2Br)ccc1OC(=O)C(C)C. The van der Waals surface area contributed by atoms with E-state index in [9.17, 15) is 9.59 Å². The molecule has 2 rings (SSSR count). The normalized spacial score (nSPS) is 10.9. The van der Waals surface area contributed by atoms with Crippen LogP contribution in [0.3, 0.4) is 0 Å². The van der Waals surface area contributed by atoms with E-state index in [1.807, 2.05) is 24.3 Å². The number of ether oxygens (including phenoxy) is 2. The highest BCUT2D eigenvalue weighted by Gasteiger charge is 2.13. The molecule has 0 unspecified atom stereocenters. The lowest BCUT2D eigenvalue weighted by Gasteiger charge is -2.11. The van der Waals surface area contributed by atoms with E-state index in [2.05, 4.69) is 21.2 Å². The van der Waals surface area contributed by atoms with Crippen LogP contribution < -0.4 is 14.8 Å². The highest BCUT2D eigenvalue weighted by molar-refractivity contribution is 9.10. The van der Waals surface area contributed by atoms with Crippen LogP contribution >= 0.6 is 15.9 Å². The number of rotatable bonds is 7. The fourth-order valence-electron chi connectivity index (χ4n) is 2.15. The van der Waals surface area contributed by atoms with Gasteiger partial charge in [0.05, 0.1) is 13.0 Å². The van der Waals surface area contributed by atoms with Gasteiger partial charge >= 0.3 is 5.97 Å².